The summed E-state index contributed by atoms with van der Waals surface area (Å²) in [6.45, 7) is 1.35. The van der Waals surface area contributed by atoms with E-state index in [0.29, 0.717) is 16.1 Å². The molecule has 4 rings (SSSR count). The maximum Gasteiger partial charge on any atom is 0.321 e. The molecule has 0 saturated carbocycles. The quantitative estimate of drug-likeness (QED) is 0.470. The van der Waals surface area contributed by atoms with E-state index in [4.69, 9.17) is 0 Å². The van der Waals surface area contributed by atoms with Gasteiger partial charge < -0.3 is 0 Å². The molecule has 0 radical (unpaired) electrons. The van der Waals surface area contributed by atoms with Crippen molar-refractivity contribution in [2.75, 3.05) is 0 Å². The molecule has 0 saturated heterocycles. The van der Waals surface area contributed by atoms with Gasteiger partial charge in [-0.3, -0.25) is 4.57 Å². The van der Waals surface area contributed by atoms with Gasteiger partial charge in [0, 0.05) is 10.3 Å². The molecule has 0 bridgehead atoms. The molecule has 122 valence electrons. The van der Waals surface area contributed by atoms with Gasteiger partial charge in [0.1, 0.15) is 16.2 Å². The van der Waals surface area contributed by atoms with Crippen LogP contribution in [0.25, 0.3) is 21.3 Å². The third-order valence-electron chi connectivity index (χ3n) is 3.88. The number of benzene rings is 1. The molecule has 0 amide bonds. The number of imidazole rings is 1. The molecule has 0 atom stereocenters. The first kappa shape index (κ1) is 15.5. The van der Waals surface area contributed by atoms with Gasteiger partial charge in [-0.15, -0.1) is 11.3 Å². The molecule has 0 aliphatic rings. The topological polar surface area (TPSA) is 43.6 Å². The fourth-order valence-electron chi connectivity index (χ4n) is 2.60. The van der Waals surface area contributed by atoms with Crippen molar-refractivity contribution in [2.24, 2.45) is 0 Å². The molecule has 24 heavy (non-hydrogen) atoms. The van der Waals surface area contributed by atoms with E-state index in [9.17, 15) is 8.78 Å². The largest absolute Gasteiger partial charge is 0.321 e. The first-order valence-corrected chi connectivity index (χ1v) is 8.83. The van der Waals surface area contributed by atoms with Crippen molar-refractivity contribution in [1.29, 1.82) is 0 Å². The lowest BCUT2D eigenvalue weighted by Crippen LogP contribution is -2.00. The number of para-hydroxylation sites is 2. The van der Waals surface area contributed by atoms with E-state index in [1.54, 1.807) is 35.6 Å². The van der Waals surface area contributed by atoms with E-state index in [1.165, 1.54) is 6.33 Å². The Hall–Kier alpha value is -2.06. The zero-order valence-corrected chi connectivity index (χ0v) is 14.5. The van der Waals surface area contributed by atoms with Gasteiger partial charge in [-0.2, -0.15) is 8.78 Å². The van der Waals surface area contributed by atoms with Crippen molar-refractivity contribution in [2.45, 2.75) is 30.6 Å². The SMILES string of the molecule is Cc1sc2ncnc(Sc3nc4ccccc4n3C(F)F)c2c1C. The van der Waals surface area contributed by atoms with Crippen LogP contribution in [-0.4, -0.2) is 19.5 Å². The van der Waals surface area contributed by atoms with Gasteiger partial charge in [-0.1, -0.05) is 12.1 Å². The molecule has 1 aromatic carbocycles. The molecule has 0 N–H and O–H groups in total. The fourth-order valence-corrected chi connectivity index (χ4v) is 4.70. The summed E-state index contributed by atoms with van der Waals surface area (Å²) in [5.74, 6) is 0. The maximum atomic E-state index is 13.6. The van der Waals surface area contributed by atoms with Crippen LogP contribution in [0.4, 0.5) is 8.78 Å². The molecular weight excluding hydrogens is 350 g/mol. The van der Waals surface area contributed by atoms with Gasteiger partial charge >= 0.3 is 6.55 Å². The normalized spacial score (nSPS) is 11.9. The Morgan fingerprint density at radius 2 is 1.96 bits per heavy atom. The standard InChI is InChI=1S/C16H12F2N4S2/c1-8-9(2)23-13-12(8)14(20-7-19-13)24-16-21-10-5-3-4-6-11(10)22(16)15(17)18/h3-7,15H,1-2H3. The molecule has 0 fully saturated rings. The van der Waals surface area contributed by atoms with Crippen LogP contribution in [0.5, 0.6) is 0 Å². The molecule has 4 nitrogen and oxygen atoms in total. The Bertz CT molecular complexity index is 1060. The maximum absolute atomic E-state index is 13.6. The molecule has 3 heterocycles. The second-order valence-corrected chi connectivity index (χ2v) is 7.43. The van der Waals surface area contributed by atoms with Gasteiger partial charge in [0.25, 0.3) is 0 Å². The van der Waals surface area contributed by atoms with Crippen LogP contribution in [0.2, 0.25) is 0 Å². The van der Waals surface area contributed by atoms with Crippen LogP contribution in [0, 0.1) is 13.8 Å². The first-order valence-electron chi connectivity index (χ1n) is 7.20. The van der Waals surface area contributed by atoms with E-state index >= 15 is 0 Å². The van der Waals surface area contributed by atoms with Gasteiger partial charge in [0.2, 0.25) is 0 Å². The lowest BCUT2D eigenvalue weighted by molar-refractivity contribution is 0.0656. The third kappa shape index (κ3) is 2.37. The average Bonchev–Trinajstić information content (AvgIpc) is 3.05. The van der Waals surface area contributed by atoms with Gasteiger partial charge in [0.05, 0.1) is 11.0 Å². The summed E-state index contributed by atoms with van der Waals surface area (Å²) in [4.78, 5) is 15.0. The molecule has 8 heteroatoms. The summed E-state index contributed by atoms with van der Waals surface area (Å²) in [5, 5.41) is 1.80. The lowest BCUT2D eigenvalue weighted by Gasteiger charge is -2.07. The van der Waals surface area contributed by atoms with Gasteiger partial charge in [-0.25, -0.2) is 15.0 Å². The molecule has 4 aromatic rings. The molecule has 0 unspecified atom stereocenters. The van der Waals surface area contributed by atoms with Crippen molar-refractivity contribution >= 4 is 44.3 Å². The molecule has 0 aliphatic heterocycles. The number of nitrogens with zero attached hydrogens (tertiary/aromatic N) is 4. The summed E-state index contributed by atoms with van der Waals surface area (Å²) >= 11 is 2.73. The minimum absolute atomic E-state index is 0.231. The third-order valence-corrected chi connectivity index (χ3v) is 5.97. The fraction of sp³-hybridized carbons (Fsp3) is 0.188. The van der Waals surface area contributed by atoms with E-state index in [0.717, 1.165) is 37.0 Å². The highest BCUT2D eigenvalue weighted by Crippen LogP contribution is 2.39. The smallest absolute Gasteiger partial charge is 0.261 e. The number of halogens is 2. The zero-order valence-electron chi connectivity index (χ0n) is 12.8. The number of thiophene rings is 1. The highest BCUT2D eigenvalue weighted by Gasteiger charge is 2.21. The molecular formula is C16H12F2N4S2. The number of alkyl halides is 2. The number of hydrogen-bond acceptors (Lipinski definition) is 5. The minimum atomic E-state index is -2.66. The van der Waals surface area contributed by atoms with Gasteiger partial charge in [-0.05, 0) is 43.3 Å². The summed E-state index contributed by atoms with van der Waals surface area (Å²) in [6.07, 6.45) is 1.47. The van der Waals surface area contributed by atoms with E-state index in [2.05, 4.69) is 15.0 Å². The van der Waals surface area contributed by atoms with Crippen molar-refractivity contribution in [3.8, 4) is 0 Å². The van der Waals surface area contributed by atoms with Crippen molar-refractivity contribution in [1.82, 2.24) is 19.5 Å². The van der Waals surface area contributed by atoms with Crippen LogP contribution in [0.3, 0.4) is 0 Å². The molecule has 0 aliphatic carbocycles. The van der Waals surface area contributed by atoms with Crippen LogP contribution >= 0.6 is 23.1 Å². The second kappa shape index (κ2) is 5.78. The number of aryl methyl sites for hydroxylation is 2. The van der Waals surface area contributed by atoms with Crippen LogP contribution < -0.4 is 0 Å². The van der Waals surface area contributed by atoms with E-state index < -0.39 is 6.55 Å². The number of fused-ring (bicyclic) bond motifs is 2. The summed E-state index contributed by atoms with van der Waals surface area (Å²) in [6, 6.07) is 6.89. The second-order valence-electron chi connectivity index (χ2n) is 5.28. The monoisotopic (exact) mass is 362 g/mol. The Balaban J connectivity index is 1.90. The lowest BCUT2D eigenvalue weighted by atomic mass is 10.2. The van der Waals surface area contributed by atoms with Crippen LogP contribution in [-0.2, 0) is 0 Å². The number of hydrogen-bond donors (Lipinski definition) is 0. The zero-order chi connectivity index (χ0) is 16.8. The number of rotatable bonds is 3. The van der Waals surface area contributed by atoms with Gasteiger partial charge in [0.15, 0.2) is 5.16 Å². The highest BCUT2D eigenvalue weighted by molar-refractivity contribution is 7.99. The Morgan fingerprint density at radius 1 is 1.17 bits per heavy atom. The Labute approximate surface area is 144 Å². The van der Waals surface area contributed by atoms with Crippen molar-refractivity contribution in [3.63, 3.8) is 0 Å². The number of aromatic nitrogens is 4. The van der Waals surface area contributed by atoms with Crippen LogP contribution in [0.15, 0.2) is 40.8 Å². The Kier molecular flexibility index (Phi) is 3.73. The average molecular weight is 362 g/mol. The Morgan fingerprint density at radius 3 is 2.75 bits per heavy atom. The first-order chi connectivity index (χ1) is 11.6. The molecule has 3 aromatic heterocycles. The van der Waals surface area contributed by atoms with E-state index in [-0.39, 0.29) is 5.16 Å². The predicted molar refractivity (Wildman–Crippen MR) is 92.0 cm³/mol. The molecule has 0 spiro atoms. The highest BCUT2D eigenvalue weighted by atomic mass is 32.2. The van der Waals surface area contributed by atoms with E-state index in [1.807, 2.05) is 13.8 Å². The summed E-state index contributed by atoms with van der Waals surface area (Å²) in [7, 11) is 0. The summed E-state index contributed by atoms with van der Waals surface area (Å²) < 4.78 is 28.1. The van der Waals surface area contributed by atoms with Crippen molar-refractivity contribution in [3.05, 3.63) is 41.0 Å². The minimum Gasteiger partial charge on any atom is -0.261 e. The predicted octanol–water partition coefficient (Wildman–Crippen LogP) is 5.20. The summed E-state index contributed by atoms with van der Waals surface area (Å²) in [5.41, 5.74) is 2.04. The van der Waals surface area contributed by atoms with Crippen molar-refractivity contribution < 1.29 is 8.78 Å². The van der Waals surface area contributed by atoms with Crippen LogP contribution in [0.1, 0.15) is 17.0 Å².